The average Bonchev–Trinajstić information content (AvgIpc) is 3.26. The van der Waals surface area contributed by atoms with E-state index in [1.165, 1.54) is 29.1 Å². The van der Waals surface area contributed by atoms with Crippen LogP contribution in [0.1, 0.15) is 38.2 Å². The molecule has 0 atom stereocenters. The Morgan fingerprint density at radius 2 is 1.67 bits per heavy atom. The second-order valence-electron chi connectivity index (χ2n) is 7.75. The molecule has 1 amide bonds. The Balaban J connectivity index is 1.52. The summed E-state index contributed by atoms with van der Waals surface area (Å²) >= 11 is 0. The van der Waals surface area contributed by atoms with E-state index in [1.807, 2.05) is 48.5 Å². The molecule has 3 rings (SSSR count). The van der Waals surface area contributed by atoms with Crippen LogP contribution in [0.5, 0.6) is 0 Å². The van der Waals surface area contributed by atoms with Crippen LogP contribution in [0.2, 0.25) is 0 Å². The number of aryl methyl sites for hydroxylation is 1. The van der Waals surface area contributed by atoms with Crippen molar-refractivity contribution in [3.8, 4) is 0 Å². The zero-order chi connectivity index (χ0) is 21.6. The lowest BCUT2D eigenvalue weighted by Gasteiger charge is -2.22. The van der Waals surface area contributed by atoms with Crippen LogP contribution in [0, 0.1) is 0 Å². The third-order valence-corrected chi connectivity index (χ3v) is 6.61. The number of amides is 1. The maximum Gasteiger partial charge on any atom is 0.232 e. The normalized spacial score (nSPS) is 14.0. The molecule has 1 fully saturated rings. The first kappa shape index (κ1) is 22.2. The molecule has 0 bridgehead atoms. The van der Waals surface area contributed by atoms with Crippen molar-refractivity contribution in [2.45, 2.75) is 39.0 Å². The number of hydrogen-bond acceptors (Lipinski definition) is 4. The van der Waals surface area contributed by atoms with E-state index in [9.17, 15) is 13.2 Å². The highest BCUT2D eigenvalue weighted by molar-refractivity contribution is 7.92. The van der Waals surface area contributed by atoms with Crippen molar-refractivity contribution in [1.29, 1.82) is 0 Å². The molecule has 7 heteroatoms. The summed E-state index contributed by atoms with van der Waals surface area (Å²) in [4.78, 5) is 14.7. The fourth-order valence-corrected chi connectivity index (χ4v) is 4.69. The van der Waals surface area contributed by atoms with Gasteiger partial charge in [-0.1, -0.05) is 19.1 Å². The van der Waals surface area contributed by atoms with Crippen molar-refractivity contribution in [1.82, 2.24) is 0 Å². The van der Waals surface area contributed by atoms with Gasteiger partial charge in [-0.3, -0.25) is 9.10 Å². The summed E-state index contributed by atoms with van der Waals surface area (Å²) < 4.78 is 25.8. The minimum Gasteiger partial charge on any atom is -0.372 e. The Hall–Kier alpha value is -2.54. The zero-order valence-electron chi connectivity index (χ0n) is 17.8. The van der Waals surface area contributed by atoms with E-state index in [0.717, 1.165) is 30.8 Å². The number of carbonyl (C=O) groups is 1. The Labute approximate surface area is 179 Å². The second-order valence-corrected chi connectivity index (χ2v) is 9.65. The molecule has 30 heavy (non-hydrogen) atoms. The minimum atomic E-state index is -3.41. The fourth-order valence-electron chi connectivity index (χ4n) is 3.72. The smallest absolute Gasteiger partial charge is 0.232 e. The van der Waals surface area contributed by atoms with Crippen LogP contribution < -0.4 is 14.5 Å². The molecule has 1 N–H and O–H groups in total. The Kier molecular flexibility index (Phi) is 7.37. The summed E-state index contributed by atoms with van der Waals surface area (Å²) in [5.41, 5.74) is 3.73. The second kappa shape index (κ2) is 9.98. The van der Waals surface area contributed by atoms with Crippen molar-refractivity contribution in [2.75, 3.05) is 40.4 Å². The van der Waals surface area contributed by atoms with Crippen molar-refractivity contribution in [2.24, 2.45) is 0 Å². The molecule has 162 valence electrons. The summed E-state index contributed by atoms with van der Waals surface area (Å²) in [6, 6.07) is 15.4. The summed E-state index contributed by atoms with van der Waals surface area (Å²) in [7, 11) is -3.41. The third kappa shape index (κ3) is 5.98. The molecule has 1 aliphatic heterocycles. The van der Waals surface area contributed by atoms with Crippen LogP contribution in [0.4, 0.5) is 17.1 Å². The van der Waals surface area contributed by atoms with Crippen molar-refractivity contribution in [3.05, 3.63) is 54.1 Å². The molecule has 1 saturated heterocycles. The molecule has 1 aliphatic rings. The van der Waals surface area contributed by atoms with Crippen LogP contribution in [0.15, 0.2) is 48.5 Å². The molecule has 0 spiro atoms. The number of nitrogens with one attached hydrogen (secondary N) is 1. The molecule has 0 aromatic heterocycles. The largest absolute Gasteiger partial charge is 0.372 e. The maximum absolute atomic E-state index is 12.3. The Bertz CT molecular complexity index is 935. The molecule has 2 aromatic rings. The van der Waals surface area contributed by atoms with Gasteiger partial charge in [0.05, 0.1) is 11.9 Å². The van der Waals surface area contributed by atoms with Gasteiger partial charge in [0, 0.05) is 37.4 Å². The average molecular weight is 430 g/mol. The van der Waals surface area contributed by atoms with E-state index >= 15 is 0 Å². The highest BCUT2D eigenvalue weighted by Crippen LogP contribution is 2.22. The first-order valence-corrected chi connectivity index (χ1v) is 12.4. The first-order chi connectivity index (χ1) is 14.4. The molecule has 0 saturated carbocycles. The van der Waals surface area contributed by atoms with Gasteiger partial charge in [-0.25, -0.2) is 8.42 Å². The van der Waals surface area contributed by atoms with Gasteiger partial charge >= 0.3 is 0 Å². The van der Waals surface area contributed by atoms with E-state index in [1.54, 1.807) is 0 Å². The SMILES string of the molecule is CCc1ccc(N(CCCC(=O)Nc2ccc(N3CCCC3)cc2)S(C)(=O)=O)cc1. The van der Waals surface area contributed by atoms with E-state index in [4.69, 9.17) is 0 Å². The van der Waals surface area contributed by atoms with E-state index in [-0.39, 0.29) is 18.9 Å². The van der Waals surface area contributed by atoms with Gasteiger partial charge in [0.1, 0.15) is 0 Å². The number of rotatable bonds is 9. The standard InChI is InChI=1S/C23H31N3O3S/c1-3-19-8-12-22(13-9-19)26(30(2,28)29)18-6-7-23(27)24-20-10-14-21(15-11-20)25-16-4-5-17-25/h8-15H,3-7,16-18H2,1-2H3,(H,24,27). The molecular weight excluding hydrogens is 398 g/mol. The molecule has 6 nitrogen and oxygen atoms in total. The summed E-state index contributed by atoms with van der Waals surface area (Å²) in [6.45, 7) is 4.50. The Morgan fingerprint density at radius 3 is 2.23 bits per heavy atom. The number of benzene rings is 2. The first-order valence-electron chi connectivity index (χ1n) is 10.6. The van der Waals surface area contributed by atoms with Crippen molar-refractivity contribution < 1.29 is 13.2 Å². The van der Waals surface area contributed by atoms with Crippen LogP contribution in [-0.4, -0.2) is 40.2 Å². The third-order valence-electron chi connectivity index (χ3n) is 5.42. The van der Waals surface area contributed by atoms with E-state index in [0.29, 0.717) is 12.1 Å². The predicted octanol–water partition coefficient (Wildman–Crippen LogP) is 4.03. The summed E-state index contributed by atoms with van der Waals surface area (Å²) in [5.74, 6) is -0.112. The number of anilines is 3. The van der Waals surface area contributed by atoms with Crippen molar-refractivity contribution >= 4 is 33.0 Å². The number of nitrogens with zero attached hydrogens (tertiary/aromatic N) is 2. The van der Waals surface area contributed by atoms with Gasteiger partial charge in [-0.15, -0.1) is 0 Å². The van der Waals surface area contributed by atoms with Crippen LogP contribution >= 0.6 is 0 Å². The maximum atomic E-state index is 12.3. The number of carbonyl (C=O) groups excluding carboxylic acids is 1. The highest BCUT2D eigenvalue weighted by atomic mass is 32.2. The van der Waals surface area contributed by atoms with Crippen LogP contribution in [0.25, 0.3) is 0 Å². The van der Waals surface area contributed by atoms with Crippen molar-refractivity contribution in [3.63, 3.8) is 0 Å². The van der Waals surface area contributed by atoms with Gasteiger partial charge in [-0.2, -0.15) is 0 Å². The molecule has 0 aliphatic carbocycles. The van der Waals surface area contributed by atoms with Gasteiger partial charge in [0.2, 0.25) is 15.9 Å². The fraction of sp³-hybridized carbons (Fsp3) is 0.435. The Morgan fingerprint density at radius 1 is 1.03 bits per heavy atom. The zero-order valence-corrected chi connectivity index (χ0v) is 18.6. The van der Waals surface area contributed by atoms with Gasteiger partial charge < -0.3 is 10.2 Å². The lowest BCUT2D eigenvalue weighted by Crippen LogP contribution is -2.31. The lowest BCUT2D eigenvalue weighted by molar-refractivity contribution is -0.116. The lowest BCUT2D eigenvalue weighted by atomic mass is 10.1. The summed E-state index contributed by atoms with van der Waals surface area (Å²) in [5, 5.41) is 2.90. The quantitative estimate of drug-likeness (QED) is 0.653. The number of sulfonamides is 1. The molecule has 0 radical (unpaired) electrons. The summed E-state index contributed by atoms with van der Waals surface area (Å²) in [6.07, 6.45) is 5.26. The molecular formula is C23H31N3O3S. The molecule has 1 heterocycles. The highest BCUT2D eigenvalue weighted by Gasteiger charge is 2.18. The topological polar surface area (TPSA) is 69.7 Å². The molecule has 2 aromatic carbocycles. The van der Waals surface area contributed by atoms with Crippen LogP contribution in [0.3, 0.4) is 0 Å². The van der Waals surface area contributed by atoms with E-state index < -0.39 is 10.0 Å². The van der Waals surface area contributed by atoms with Crippen LogP contribution in [-0.2, 0) is 21.2 Å². The van der Waals surface area contributed by atoms with Gasteiger partial charge in [0.25, 0.3) is 0 Å². The number of hydrogen-bond donors (Lipinski definition) is 1. The van der Waals surface area contributed by atoms with Gasteiger partial charge in [-0.05, 0) is 67.6 Å². The predicted molar refractivity (Wildman–Crippen MR) is 124 cm³/mol. The van der Waals surface area contributed by atoms with Gasteiger partial charge in [0.15, 0.2) is 0 Å². The van der Waals surface area contributed by atoms with E-state index in [2.05, 4.69) is 17.1 Å². The minimum absolute atomic E-state index is 0.112. The monoisotopic (exact) mass is 429 g/mol. The molecule has 0 unspecified atom stereocenters.